The van der Waals surface area contributed by atoms with Gasteiger partial charge in [-0.15, -0.1) is 0 Å². The number of carbonyl (C=O) groups excluding carboxylic acids is 1. The number of rotatable bonds is 7. The molecule has 1 aromatic heterocycles. The fourth-order valence-corrected chi connectivity index (χ4v) is 4.20. The van der Waals surface area contributed by atoms with E-state index in [0.717, 1.165) is 50.0 Å². The fraction of sp³-hybridized carbons (Fsp3) is 0.522. The van der Waals surface area contributed by atoms with E-state index in [9.17, 15) is 4.79 Å². The molecular formula is C23H31N5O3. The van der Waals surface area contributed by atoms with Crippen molar-refractivity contribution in [1.29, 1.82) is 0 Å². The molecule has 8 heteroatoms. The maximum Gasteiger partial charge on any atom is 0.236 e. The topological polar surface area (TPSA) is 71.0 Å². The number of nitrogens with zero attached hydrogens (tertiary/aromatic N) is 5. The molecule has 8 nitrogen and oxygen atoms in total. The van der Waals surface area contributed by atoms with Crippen LogP contribution in [0.4, 0.5) is 5.95 Å². The van der Waals surface area contributed by atoms with E-state index in [0.29, 0.717) is 32.8 Å². The second kappa shape index (κ2) is 9.96. The largest absolute Gasteiger partial charge is 0.490 e. The molecule has 166 valence electrons. The summed E-state index contributed by atoms with van der Waals surface area (Å²) in [4.78, 5) is 27.9. The third-order valence-corrected chi connectivity index (χ3v) is 5.78. The van der Waals surface area contributed by atoms with Gasteiger partial charge in [-0.1, -0.05) is 0 Å². The lowest BCUT2D eigenvalue weighted by Gasteiger charge is -2.36. The van der Waals surface area contributed by atoms with Gasteiger partial charge < -0.3 is 19.3 Å². The predicted molar refractivity (Wildman–Crippen MR) is 119 cm³/mol. The zero-order valence-electron chi connectivity index (χ0n) is 18.4. The van der Waals surface area contributed by atoms with Gasteiger partial charge in [0.1, 0.15) is 0 Å². The monoisotopic (exact) mass is 425 g/mol. The zero-order chi connectivity index (χ0) is 21.6. The lowest BCUT2D eigenvalue weighted by Crippen LogP contribution is -2.52. The SMILES string of the molecule is CCOc1cc2c(cc1OCC)CN(CC(=O)N1CCN(c3ncccn3)CC1)CC2. The van der Waals surface area contributed by atoms with Gasteiger partial charge in [-0.05, 0) is 49.6 Å². The molecule has 0 radical (unpaired) electrons. The van der Waals surface area contributed by atoms with Crippen LogP contribution in [-0.2, 0) is 17.8 Å². The molecule has 1 amide bonds. The number of piperazine rings is 1. The van der Waals surface area contributed by atoms with Gasteiger partial charge >= 0.3 is 0 Å². The van der Waals surface area contributed by atoms with Crippen LogP contribution in [0, 0.1) is 0 Å². The van der Waals surface area contributed by atoms with Crippen molar-refractivity contribution in [3.63, 3.8) is 0 Å². The molecule has 0 saturated carbocycles. The molecule has 1 saturated heterocycles. The number of ether oxygens (including phenoxy) is 2. The van der Waals surface area contributed by atoms with Crippen LogP contribution >= 0.6 is 0 Å². The van der Waals surface area contributed by atoms with Gasteiger partial charge in [-0.2, -0.15) is 0 Å². The lowest BCUT2D eigenvalue weighted by atomic mass is 9.98. The van der Waals surface area contributed by atoms with Gasteiger partial charge in [0.25, 0.3) is 0 Å². The molecule has 2 aromatic rings. The van der Waals surface area contributed by atoms with Crippen molar-refractivity contribution in [1.82, 2.24) is 19.8 Å². The predicted octanol–water partition coefficient (Wildman–Crippen LogP) is 1.98. The molecule has 0 atom stereocenters. The molecule has 2 aliphatic rings. The van der Waals surface area contributed by atoms with E-state index in [1.54, 1.807) is 12.4 Å². The fourth-order valence-electron chi connectivity index (χ4n) is 4.20. The number of fused-ring (bicyclic) bond motifs is 1. The molecule has 4 rings (SSSR count). The Hall–Kier alpha value is -2.87. The smallest absolute Gasteiger partial charge is 0.236 e. The van der Waals surface area contributed by atoms with E-state index >= 15 is 0 Å². The standard InChI is InChI=1S/C23H31N5O3/c1-3-30-20-14-18-6-9-26(16-19(18)15-21(20)31-4-2)17-22(29)27-10-12-28(13-11-27)23-24-7-5-8-25-23/h5,7-8,14-15H,3-4,6,9-13,16-17H2,1-2H3. The average Bonchev–Trinajstić information content (AvgIpc) is 2.80. The molecule has 3 heterocycles. The van der Waals surface area contributed by atoms with E-state index in [1.807, 2.05) is 24.8 Å². The highest BCUT2D eigenvalue weighted by Crippen LogP contribution is 2.33. The number of aromatic nitrogens is 2. The van der Waals surface area contributed by atoms with E-state index in [4.69, 9.17) is 9.47 Å². The summed E-state index contributed by atoms with van der Waals surface area (Å²) in [5.74, 6) is 2.52. The van der Waals surface area contributed by atoms with Gasteiger partial charge in [0.2, 0.25) is 11.9 Å². The zero-order valence-corrected chi connectivity index (χ0v) is 18.4. The Morgan fingerprint density at radius 3 is 2.23 bits per heavy atom. The van der Waals surface area contributed by atoms with Gasteiger partial charge in [0.05, 0.1) is 19.8 Å². The minimum absolute atomic E-state index is 0.188. The summed E-state index contributed by atoms with van der Waals surface area (Å²) >= 11 is 0. The first-order valence-electron chi connectivity index (χ1n) is 11.1. The molecule has 1 aromatic carbocycles. The Balaban J connectivity index is 1.34. The second-order valence-corrected chi connectivity index (χ2v) is 7.81. The highest BCUT2D eigenvalue weighted by molar-refractivity contribution is 5.78. The van der Waals surface area contributed by atoms with Crippen molar-refractivity contribution in [2.24, 2.45) is 0 Å². The first kappa shape index (κ1) is 21.4. The Kier molecular flexibility index (Phi) is 6.86. The van der Waals surface area contributed by atoms with Crippen LogP contribution in [0.1, 0.15) is 25.0 Å². The summed E-state index contributed by atoms with van der Waals surface area (Å²) in [6.07, 6.45) is 4.42. The minimum Gasteiger partial charge on any atom is -0.490 e. The first-order valence-corrected chi connectivity index (χ1v) is 11.1. The number of anilines is 1. The Labute approximate surface area is 183 Å². The van der Waals surface area contributed by atoms with Crippen LogP contribution in [0.15, 0.2) is 30.6 Å². The van der Waals surface area contributed by atoms with Crippen molar-refractivity contribution < 1.29 is 14.3 Å². The maximum absolute atomic E-state index is 12.9. The molecular weight excluding hydrogens is 394 g/mol. The number of benzene rings is 1. The molecule has 0 N–H and O–H groups in total. The third kappa shape index (κ3) is 5.07. The van der Waals surface area contributed by atoms with Crippen LogP contribution in [0.25, 0.3) is 0 Å². The van der Waals surface area contributed by atoms with E-state index in [1.165, 1.54) is 11.1 Å². The second-order valence-electron chi connectivity index (χ2n) is 7.81. The number of carbonyl (C=O) groups is 1. The van der Waals surface area contributed by atoms with Crippen LogP contribution in [0.2, 0.25) is 0 Å². The normalized spacial score (nSPS) is 16.7. The van der Waals surface area contributed by atoms with Crippen molar-refractivity contribution >= 4 is 11.9 Å². The third-order valence-electron chi connectivity index (χ3n) is 5.78. The maximum atomic E-state index is 12.9. The van der Waals surface area contributed by atoms with Crippen LogP contribution in [-0.4, -0.2) is 78.2 Å². The summed E-state index contributed by atoms with van der Waals surface area (Å²) < 4.78 is 11.5. The van der Waals surface area contributed by atoms with Crippen molar-refractivity contribution in [2.45, 2.75) is 26.8 Å². The van der Waals surface area contributed by atoms with Crippen LogP contribution in [0.5, 0.6) is 11.5 Å². The lowest BCUT2D eigenvalue weighted by molar-refractivity contribution is -0.133. The van der Waals surface area contributed by atoms with E-state index in [-0.39, 0.29) is 5.91 Å². The Morgan fingerprint density at radius 2 is 1.58 bits per heavy atom. The summed E-state index contributed by atoms with van der Waals surface area (Å²) in [6.45, 7) is 10.2. The van der Waals surface area contributed by atoms with Crippen LogP contribution in [0.3, 0.4) is 0 Å². The molecule has 0 bridgehead atoms. The number of hydrogen-bond donors (Lipinski definition) is 0. The van der Waals surface area contributed by atoms with E-state index < -0.39 is 0 Å². The summed E-state index contributed by atoms with van der Waals surface area (Å²) in [5.41, 5.74) is 2.50. The van der Waals surface area contributed by atoms with E-state index in [2.05, 4.69) is 31.9 Å². The van der Waals surface area contributed by atoms with Crippen molar-refractivity contribution in [2.75, 3.05) is 57.4 Å². The van der Waals surface area contributed by atoms with Crippen molar-refractivity contribution in [3.05, 3.63) is 41.7 Å². The summed E-state index contributed by atoms with van der Waals surface area (Å²) in [6, 6.07) is 6.00. The van der Waals surface area contributed by atoms with Gasteiger partial charge in [-0.3, -0.25) is 9.69 Å². The van der Waals surface area contributed by atoms with Crippen molar-refractivity contribution in [3.8, 4) is 11.5 Å². The summed E-state index contributed by atoms with van der Waals surface area (Å²) in [7, 11) is 0. The van der Waals surface area contributed by atoms with Gasteiger partial charge in [0, 0.05) is 51.7 Å². The molecule has 0 aliphatic carbocycles. The number of hydrogen-bond acceptors (Lipinski definition) is 7. The quantitative estimate of drug-likeness (QED) is 0.672. The highest BCUT2D eigenvalue weighted by atomic mass is 16.5. The molecule has 31 heavy (non-hydrogen) atoms. The molecule has 2 aliphatic heterocycles. The van der Waals surface area contributed by atoms with Crippen LogP contribution < -0.4 is 14.4 Å². The molecule has 0 spiro atoms. The highest BCUT2D eigenvalue weighted by Gasteiger charge is 2.26. The molecule has 0 unspecified atom stereocenters. The number of amides is 1. The van der Waals surface area contributed by atoms with Gasteiger partial charge in [0.15, 0.2) is 11.5 Å². The minimum atomic E-state index is 0.188. The Morgan fingerprint density at radius 1 is 0.935 bits per heavy atom. The first-order chi connectivity index (χ1) is 15.2. The van der Waals surface area contributed by atoms with Gasteiger partial charge in [-0.25, -0.2) is 9.97 Å². The average molecular weight is 426 g/mol. The molecule has 1 fully saturated rings. The summed E-state index contributed by atoms with van der Waals surface area (Å²) in [5, 5.41) is 0. The Bertz CT molecular complexity index is 884.